The summed E-state index contributed by atoms with van der Waals surface area (Å²) in [5.74, 6) is -1.27. The van der Waals surface area contributed by atoms with Crippen LogP contribution in [0.1, 0.15) is 6.92 Å². The lowest BCUT2D eigenvalue weighted by Crippen LogP contribution is -2.18. The number of hydrogen-bond acceptors (Lipinski definition) is 3. The summed E-state index contributed by atoms with van der Waals surface area (Å²) in [5.41, 5.74) is 0. The second-order valence-corrected chi connectivity index (χ2v) is 2.32. The van der Waals surface area contributed by atoms with Crippen molar-refractivity contribution < 1.29 is 9.90 Å². The smallest absolute Gasteiger partial charge is 0.308 e. The molecule has 60 valence electrons. The van der Waals surface area contributed by atoms with Crippen LogP contribution in [0.5, 0.6) is 0 Å². The van der Waals surface area contributed by atoms with Crippen LogP contribution in [0.4, 0.5) is 0 Å². The molecular weight excluding hydrogens is 146 g/mol. The number of carboxylic acid groups (broad SMARTS) is 1. The van der Waals surface area contributed by atoms with Crippen LogP contribution >= 0.6 is 0 Å². The topological polar surface area (TPSA) is 68.0 Å². The van der Waals surface area contributed by atoms with Gasteiger partial charge in [-0.15, -0.1) is 0 Å². The van der Waals surface area contributed by atoms with Crippen molar-refractivity contribution in [1.29, 1.82) is 0 Å². The van der Waals surface area contributed by atoms with E-state index in [1.807, 2.05) is 0 Å². The summed E-state index contributed by atoms with van der Waals surface area (Å²) in [5, 5.41) is 16.1. The average Bonchev–Trinajstić information content (AvgIpc) is 2.39. The maximum Gasteiger partial charge on any atom is 0.308 e. The summed E-state index contributed by atoms with van der Waals surface area (Å²) >= 11 is 0. The first-order valence-electron chi connectivity index (χ1n) is 3.27. The molecule has 1 rings (SSSR count). The Morgan fingerprint density at radius 1 is 1.64 bits per heavy atom. The summed E-state index contributed by atoms with van der Waals surface area (Å²) < 4.78 is 0. The van der Waals surface area contributed by atoms with Crippen LogP contribution in [-0.4, -0.2) is 26.1 Å². The minimum atomic E-state index is -0.831. The predicted octanol–water partition coefficient (Wildman–Crippen LogP) is -0.00120. The molecule has 0 fully saturated rings. The van der Waals surface area contributed by atoms with Gasteiger partial charge in [0.25, 0.3) is 0 Å². The van der Waals surface area contributed by atoms with E-state index in [2.05, 4.69) is 10.2 Å². The molecule has 1 aromatic heterocycles. The molecule has 0 aliphatic heterocycles. The van der Waals surface area contributed by atoms with E-state index in [9.17, 15) is 4.79 Å². The number of nitrogens with zero attached hydrogens (tertiary/aromatic N) is 3. The number of rotatable bonds is 3. The van der Waals surface area contributed by atoms with Gasteiger partial charge >= 0.3 is 5.97 Å². The van der Waals surface area contributed by atoms with Crippen molar-refractivity contribution in [3.8, 4) is 0 Å². The van der Waals surface area contributed by atoms with Gasteiger partial charge in [-0.05, 0) is 0 Å². The van der Waals surface area contributed by atoms with Crippen LogP contribution < -0.4 is 0 Å². The second kappa shape index (κ2) is 3.14. The van der Waals surface area contributed by atoms with Crippen molar-refractivity contribution in [3.63, 3.8) is 0 Å². The van der Waals surface area contributed by atoms with Crippen LogP contribution in [-0.2, 0) is 11.3 Å². The van der Waals surface area contributed by atoms with Crippen LogP contribution in [0.2, 0.25) is 0 Å². The fourth-order valence-electron chi connectivity index (χ4n) is 0.661. The standard InChI is InChI=1S/C6H9N3O2/c1-5(6(10)11)4-9-7-2-3-8-9/h2-3,5H,4H2,1H3,(H,10,11). The highest BCUT2D eigenvalue weighted by Gasteiger charge is 2.11. The van der Waals surface area contributed by atoms with Gasteiger partial charge in [0.1, 0.15) is 0 Å². The molecule has 0 aliphatic carbocycles. The quantitative estimate of drug-likeness (QED) is 0.667. The van der Waals surface area contributed by atoms with Crippen molar-refractivity contribution >= 4 is 5.97 Å². The molecule has 5 nitrogen and oxygen atoms in total. The molecule has 0 radical (unpaired) electrons. The predicted molar refractivity (Wildman–Crippen MR) is 36.8 cm³/mol. The van der Waals surface area contributed by atoms with Gasteiger partial charge in [0.15, 0.2) is 0 Å². The van der Waals surface area contributed by atoms with Crippen molar-refractivity contribution in [3.05, 3.63) is 12.4 Å². The Hall–Kier alpha value is -1.39. The Balaban J connectivity index is 2.50. The monoisotopic (exact) mass is 155 g/mol. The minimum absolute atomic E-state index is 0.322. The largest absolute Gasteiger partial charge is 0.481 e. The van der Waals surface area contributed by atoms with E-state index in [4.69, 9.17) is 5.11 Å². The number of aliphatic carboxylic acids is 1. The van der Waals surface area contributed by atoms with E-state index in [0.29, 0.717) is 6.54 Å². The first-order valence-corrected chi connectivity index (χ1v) is 3.27. The summed E-state index contributed by atoms with van der Waals surface area (Å²) in [4.78, 5) is 11.7. The Labute approximate surface area is 63.6 Å². The zero-order chi connectivity index (χ0) is 8.27. The molecule has 1 N–H and O–H groups in total. The van der Waals surface area contributed by atoms with Crippen molar-refractivity contribution in [1.82, 2.24) is 15.0 Å². The second-order valence-electron chi connectivity index (χ2n) is 2.32. The van der Waals surface area contributed by atoms with Gasteiger partial charge in [0.05, 0.1) is 24.9 Å². The average molecular weight is 155 g/mol. The Morgan fingerprint density at radius 2 is 2.18 bits per heavy atom. The highest BCUT2D eigenvalue weighted by Crippen LogP contribution is 1.96. The van der Waals surface area contributed by atoms with Gasteiger partial charge in [-0.2, -0.15) is 15.0 Å². The van der Waals surface area contributed by atoms with Crippen molar-refractivity contribution in [2.45, 2.75) is 13.5 Å². The molecular formula is C6H9N3O2. The van der Waals surface area contributed by atoms with E-state index >= 15 is 0 Å². The Bertz CT molecular complexity index is 232. The molecule has 1 unspecified atom stereocenters. The summed E-state index contributed by atoms with van der Waals surface area (Å²) in [6, 6.07) is 0. The van der Waals surface area contributed by atoms with Crippen LogP contribution in [0.15, 0.2) is 12.4 Å². The summed E-state index contributed by atoms with van der Waals surface area (Å²) in [6.45, 7) is 1.94. The number of carbonyl (C=O) groups is 1. The van der Waals surface area contributed by atoms with Gasteiger partial charge in [-0.25, -0.2) is 0 Å². The van der Waals surface area contributed by atoms with Crippen LogP contribution in [0, 0.1) is 5.92 Å². The molecule has 0 aromatic carbocycles. The number of hydrogen-bond donors (Lipinski definition) is 1. The van der Waals surface area contributed by atoms with Crippen LogP contribution in [0.3, 0.4) is 0 Å². The number of carboxylic acids is 1. The molecule has 0 bridgehead atoms. The maximum absolute atomic E-state index is 10.4. The van der Waals surface area contributed by atoms with E-state index in [1.165, 1.54) is 17.2 Å². The zero-order valence-corrected chi connectivity index (χ0v) is 6.14. The van der Waals surface area contributed by atoms with E-state index in [-0.39, 0.29) is 0 Å². The summed E-state index contributed by atoms with van der Waals surface area (Å²) in [6.07, 6.45) is 3.04. The first-order chi connectivity index (χ1) is 5.20. The molecule has 0 saturated heterocycles. The molecule has 1 aromatic rings. The lowest BCUT2D eigenvalue weighted by atomic mass is 10.2. The van der Waals surface area contributed by atoms with Crippen LogP contribution in [0.25, 0.3) is 0 Å². The first kappa shape index (κ1) is 7.71. The van der Waals surface area contributed by atoms with E-state index in [0.717, 1.165) is 0 Å². The molecule has 1 heterocycles. The Kier molecular flexibility index (Phi) is 2.20. The molecule has 11 heavy (non-hydrogen) atoms. The summed E-state index contributed by atoms with van der Waals surface area (Å²) in [7, 11) is 0. The molecule has 0 spiro atoms. The molecule has 0 amide bonds. The van der Waals surface area contributed by atoms with E-state index < -0.39 is 11.9 Å². The van der Waals surface area contributed by atoms with Crippen molar-refractivity contribution in [2.75, 3.05) is 0 Å². The third-order valence-corrected chi connectivity index (χ3v) is 1.33. The molecule has 1 atom stereocenters. The molecule has 0 aliphatic rings. The normalized spacial score (nSPS) is 12.8. The van der Waals surface area contributed by atoms with E-state index in [1.54, 1.807) is 6.92 Å². The lowest BCUT2D eigenvalue weighted by molar-refractivity contribution is -0.141. The highest BCUT2D eigenvalue weighted by atomic mass is 16.4. The maximum atomic E-state index is 10.4. The minimum Gasteiger partial charge on any atom is -0.481 e. The van der Waals surface area contributed by atoms with Gasteiger partial charge in [0, 0.05) is 0 Å². The van der Waals surface area contributed by atoms with Gasteiger partial charge in [-0.1, -0.05) is 6.92 Å². The van der Waals surface area contributed by atoms with Crippen molar-refractivity contribution in [2.24, 2.45) is 5.92 Å². The lowest BCUT2D eigenvalue weighted by Gasteiger charge is -2.03. The molecule has 0 saturated carbocycles. The SMILES string of the molecule is CC(Cn1nccn1)C(=O)O. The van der Waals surface area contributed by atoms with Gasteiger partial charge in [-0.3, -0.25) is 4.79 Å². The molecule has 5 heteroatoms. The number of aromatic nitrogens is 3. The fourth-order valence-corrected chi connectivity index (χ4v) is 0.661. The fraction of sp³-hybridized carbons (Fsp3) is 0.500. The third-order valence-electron chi connectivity index (χ3n) is 1.33. The highest BCUT2D eigenvalue weighted by molar-refractivity contribution is 5.69. The Morgan fingerprint density at radius 3 is 2.64 bits per heavy atom. The third kappa shape index (κ3) is 2.03. The van der Waals surface area contributed by atoms with Gasteiger partial charge < -0.3 is 5.11 Å². The van der Waals surface area contributed by atoms with Gasteiger partial charge in [0.2, 0.25) is 0 Å². The zero-order valence-electron chi connectivity index (χ0n) is 6.14.